The Morgan fingerprint density at radius 1 is 0.328 bits per heavy atom. The maximum absolute atomic E-state index is 12.8. The summed E-state index contributed by atoms with van der Waals surface area (Å²) in [5.74, 6) is -0.857. The predicted octanol–water partition coefficient (Wildman–Crippen LogP) is 18.7. The fourth-order valence-electron chi connectivity index (χ4n) is 8.48. The second kappa shape index (κ2) is 53.5. The summed E-state index contributed by atoms with van der Waals surface area (Å²) in [5.41, 5.74) is 0. The molecule has 1 atom stereocenters. The Balaban J connectivity index is 4.29. The van der Waals surface area contributed by atoms with Crippen molar-refractivity contribution in [2.75, 3.05) is 13.2 Å². The lowest BCUT2D eigenvalue weighted by Crippen LogP contribution is -2.30. The highest BCUT2D eigenvalue weighted by Crippen LogP contribution is 2.17. The van der Waals surface area contributed by atoms with Crippen molar-refractivity contribution >= 4 is 17.9 Å². The Morgan fingerprint density at radius 3 is 0.938 bits per heavy atom. The van der Waals surface area contributed by atoms with Crippen molar-refractivity contribution < 1.29 is 28.6 Å². The van der Waals surface area contributed by atoms with E-state index in [9.17, 15) is 14.4 Å². The Labute approximate surface area is 398 Å². The molecule has 0 aromatic rings. The van der Waals surface area contributed by atoms with Gasteiger partial charge in [-0.15, -0.1) is 0 Å². The van der Waals surface area contributed by atoms with Gasteiger partial charge in [-0.2, -0.15) is 0 Å². The lowest BCUT2D eigenvalue weighted by atomic mass is 10.0. The summed E-state index contributed by atoms with van der Waals surface area (Å²) in [7, 11) is 0. The van der Waals surface area contributed by atoms with Crippen molar-refractivity contribution in [1.82, 2.24) is 0 Å². The van der Waals surface area contributed by atoms with Gasteiger partial charge in [-0.25, -0.2) is 0 Å². The quantitative estimate of drug-likeness (QED) is 0.0262. The number of esters is 3. The third-order valence-electron chi connectivity index (χ3n) is 12.7. The number of carbonyl (C=O) groups excluding carboxylic acids is 3. The molecule has 0 aliphatic carbocycles. The van der Waals surface area contributed by atoms with Crippen LogP contribution in [0.4, 0.5) is 0 Å². The molecule has 0 aliphatic heterocycles. The molecular formula is C58H108O6. The Morgan fingerprint density at radius 2 is 0.609 bits per heavy atom. The van der Waals surface area contributed by atoms with E-state index in [2.05, 4.69) is 45.1 Å². The number of hydrogen-bond acceptors (Lipinski definition) is 6. The van der Waals surface area contributed by atoms with Crippen LogP contribution in [0.15, 0.2) is 24.3 Å². The molecule has 0 aromatic carbocycles. The van der Waals surface area contributed by atoms with Gasteiger partial charge in [0, 0.05) is 19.3 Å². The minimum atomic E-state index is -0.770. The van der Waals surface area contributed by atoms with Gasteiger partial charge in [0.2, 0.25) is 0 Å². The maximum atomic E-state index is 12.8. The fraction of sp³-hybridized carbons (Fsp3) is 0.879. The lowest BCUT2D eigenvalue weighted by Gasteiger charge is -2.18. The third-order valence-corrected chi connectivity index (χ3v) is 12.7. The van der Waals surface area contributed by atoms with Gasteiger partial charge in [-0.3, -0.25) is 14.4 Å². The normalized spacial score (nSPS) is 12.1. The molecule has 64 heavy (non-hydrogen) atoms. The highest BCUT2D eigenvalue weighted by Gasteiger charge is 2.19. The van der Waals surface area contributed by atoms with E-state index < -0.39 is 6.10 Å². The van der Waals surface area contributed by atoms with Crippen molar-refractivity contribution in [1.29, 1.82) is 0 Å². The number of carbonyl (C=O) groups is 3. The van der Waals surface area contributed by atoms with Crippen LogP contribution in [0.3, 0.4) is 0 Å². The van der Waals surface area contributed by atoms with Crippen molar-refractivity contribution in [3.63, 3.8) is 0 Å². The Hall–Kier alpha value is -2.11. The number of unbranched alkanes of at least 4 members (excludes halogenated alkanes) is 37. The molecule has 0 spiro atoms. The third kappa shape index (κ3) is 50.9. The molecule has 1 unspecified atom stereocenters. The van der Waals surface area contributed by atoms with Gasteiger partial charge < -0.3 is 14.2 Å². The zero-order chi connectivity index (χ0) is 46.5. The zero-order valence-electron chi connectivity index (χ0n) is 43.1. The summed E-state index contributed by atoms with van der Waals surface area (Å²) >= 11 is 0. The first-order chi connectivity index (χ1) is 31.5. The van der Waals surface area contributed by atoms with Gasteiger partial charge in [-0.05, 0) is 44.9 Å². The van der Waals surface area contributed by atoms with Crippen LogP contribution in [0.5, 0.6) is 0 Å². The number of hydrogen-bond donors (Lipinski definition) is 0. The van der Waals surface area contributed by atoms with E-state index in [4.69, 9.17) is 14.2 Å². The van der Waals surface area contributed by atoms with Crippen molar-refractivity contribution in [3.05, 3.63) is 24.3 Å². The van der Waals surface area contributed by atoms with Crippen LogP contribution in [0.25, 0.3) is 0 Å². The summed E-state index contributed by atoms with van der Waals surface area (Å²) in [5, 5.41) is 0. The largest absolute Gasteiger partial charge is 0.462 e. The van der Waals surface area contributed by atoms with Gasteiger partial charge >= 0.3 is 17.9 Å². The summed E-state index contributed by atoms with van der Waals surface area (Å²) < 4.78 is 16.9. The first-order valence-electron chi connectivity index (χ1n) is 28.3. The van der Waals surface area contributed by atoms with Crippen LogP contribution in [0, 0.1) is 0 Å². The van der Waals surface area contributed by atoms with Crippen LogP contribution in [0.2, 0.25) is 0 Å². The van der Waals surface area contributed by atoms with E-state index in [1.54, 1.807) is 0 Å². The molecule has 0 saturated carbocycles. The van der Waals surface area contributed by atoms with Gasteiger partial charge in [0.15, 0.2) is 6.10 Å². The summed E-state index contributed by atoms with van der Waals surface area (Å²) in [6, 6.07) is 0. The molecule has 0 bridgehead atoms. The Kier molecular flexibility index (Phi) is 51.7. The van der Waals surface area contributed by atoms with E-state index in [-0.39, 0.29) is 31.1 Å². The smallest absolute Gasteiger partial charge is 0.306 e. The second-order valence-corrected chi connectivity index (χ2v) is 19.2. The molecule has 0 saturated heterocycles. The van der Waals surface area contributed by atoms with Crippen LogP contribution >= 0.6 is 0 Å². The predicted molar refractivity (Wildman–Crippen MR) is 275 cm³/mol. The average Bonchev–Trinajstić information content (AvgIpc) is 3.29. The Bertz CT molecular complexity index is 1040. The minimum absolute atomic E-state index is 0.0691. The number of allylic oxidation sites excluding steroid dienone is 4. The van der Waals surface area contributed by atoms with E-state index in [0.29, 0.717) is 19.3 Å². The van der Waals surface area contributed by atoms with Gasteiger partial charge in [0.25, 0.3) is 0 Å². The average molecular weight is 901 g/mol. The van der Waals surface area contributed by atoms with Crippen LogP contribution in [0.1, 0.15) is 310 Å². The van der Waals surface area contributed by atoms with E-state index in [0.717, 1.165) is 77.0 Å². The summed E-state index contributed by atoms with van der Waals surface area (Å²) in [6.07, 6.45) is 61.7. The highest BCUT2D eigenvalue weighted by atomic mass is 16.6. The first-order valence-corrected chi connectivity index (χ1v) is 28.3. The fourth-order valence-corrected chi connectivity index (χ4v) is 8.48. The summed E-state index contributed by atoms with van der Waals surface area (Å²) in [4.78, 5) is 38.1. The molecule has 6 heteroatoms. The van der Waals surface area contributed by atoms with E-state index >= 15 is 0 Å². The first kappa shape index (κ1) is 61.9. The molecule has 0 radical (unpaired) electrons. The monoisotopic (exact) mass is 901 g/mol. The SMILES string of the molecule is CC/C=C\C/C=C\CCCCCCCCCC(=O)OC(COC(=O)CCCCCCCCCCCCCCC)COC(=O)CCCCCCCCCCCCCCCCCCCCC. The topological polar surface area (TPSA) is 78.9 Å². The zero-order valence-corrected chi connectivity index (χ0v) is 43.1. The van der Waals surface area contributed by atoms with Crippen molar-refractivity contribution in [3.8, 4) is 0 Å². The number of rotatable bonds is 52. The lowest BCUT2D eigenvalue weighted by molar-refractivity contribution is -0.167. The molecule has 0 N–H and O–H groups in total. The van der Waals surface area contributed by atoms with Crippen LogP contribution in [-0.2, 0) is 28.6 Å². The standard InChI is InChI=1S/C58H108O6/c1-4-7-10-13-16-19-22-25-27-28-29-30-31-34-36-39-42-45-48-51-57(60)63-54-55(53-62-56(59)50-47-44-41-38-35-32-24-21-18-15-12-9-6-3)64-58(61)52-49-46-43-40-37-33-26-23-20-17-14-11-8-5-2/h8,11,17,20,55H,4-7,9-10,12-16,18-19,21-54H2,1-3H3/b11-8-,20-17-. The molecule has 0 amide bonds. The van der Waals surface area contributed by atoms with Crippen molar-refractivity contribution in [2.24, 2.45) is 0 Å². The maximum Gasteiger partial charge on any atom is 0.306 e. The molecule has 0 fully saturated rings. The molecule has 0 heterocycles. The molecule has 0 aliphatic rings. The van der Waals surface area contributed by atoms with Crippen LogP contribution in [-0.4, -0.2) is 37.2 Å². The molecule has 0 rings (SSSR count). The molecular weight excluding hydrogens is 793 g/mol. The van der Waals surface area contributed by atoms with Crippen molar-refractivity contribution in [2.45, 2.75) is 316 Å². The van der Waals surface area contributed by atoms with Gasteiger partial charge in [0.05, 0.1) is 0 Å². The van der Waals surface area contributed by atoms with Crippen LogP contribution < -0.4 is 0 Å². The van der Waals surface area contributed by atoms with E-state index in [1.807, 2.05) is 0 Å². The molecule has 6 nitrogen and oxygen atoms in total. The summed E-state index contributed by atoms with van der Waals surface area (Å²) in [6.45, 7) is 6.57. The number of ether oxygens (including phenoxy) is 3. The van der Waals surface area contributed by atoms with Gasteiger partial charge in [0.1, 0.15) is 13.2 Å². The van der Waals surface area contributed by atoms with Gasteiger partial charge in [-0.1, -0.05) is 270 Å². The van der Waals surface area contributed by atoms with E-state index in [1.165, 1.54) is 193 Å². The molecule has 376 valence electrons. The highest BCUT2D eigenvalue weighted by molar-refractivity contribution is 5.71. The minimum Gasteiger partial charge on any atom is -0.462 e. The molecule has 0 aromatic heterocycles. The second-order valence-electron chi connectivity index (χ2n) is 19.2.